The first-order valence-corrected chi connectivity index (χ1v) is 4.56. The van der Waals surface area contributed by atoms with Gasteiger partial charge in [0.1, 0.15) is 0 Å². The smallest absolute Gasteiger partial charge is 0.361 e. The summed E-state index contributed by atoms with van der Waals surface area (Å²) in [6.07, 6.45) is -2.93. The van der Waals surface area contributed by atoms with Crippen LogP contribution < -0.4 is 11.1 Å². The molecular formula is C4H8N6O14. The number of nitrogens with one attached hydrogen (secondary N) is 1. The van der Waals surface area contributed by atoms with E-state index in [-0.39, 0.29) is 0 Å². The molecule has 7 N–H and O–H groups in total. The largest absolute Gasteiger partial charge is 0.526 e. The quantitative estimate of drug-likeness (QED) is 0.118. The van der Waals surface area contributed by atoms with Gasteiger partial charge in [-0.2, -0.15) is 0 Å². The van der Waals surface area contributed by atoms with Crippen molar-refractivity contribution >= 4 is 11.8 Å². The van der Waals surface area contributed by atoms with Crippen molar-refractivity contribution in [1.29, 1.82) is 0 Å². The zero-order valence-corrected chi connectivity index (χ0v) is 10.8. The van der Waals surface area contributed by atoms with Gasteiger partial charge in [0.05, 0.1) is 9.85 Å². The lowest BCUT2D eigenvalue weighted by Gasteiger charge is -2.16. The second-order valence-corrected chi connectivity index (χ2v) is 2.95. The molecule has 0 aromatic heterocycles. The van der Waals surface area contributed by atoms with Crippen molar-refractivity contribution in [3.63, 3.8) is 0 Å². The normalized spacial score (nSPS) is 10.4. The molecule has 0 aliphatic rings. The van der Waals surface area contributed by atoms with Crippen molar-refractivity contribution in [3.8, 4) is 0 Å². The lowest BCUT2D eigenvalue weighted by Crippen LogP contribution is -2.62. The Bertz CT molecular complexity index is 493. The van der Waals surface area contributed by atoms with Crippen molar-refractivity contribution in [1.82, 2.24) is 5.32 Å². The van der Waals surface area contributed by atoms with Crippen LogP contribution in [0, 0.1) is 40.5 Å². The Morgan fingerprint density at radius 2 is 1.25 bits per heavy atom. The molecule has 0 bridgehead atoms. The van der Waals surface area contributed by atoms with E-state index in [1.165, 1.54) is 0 Å². The Labute approximate surface area is 127 Å². The lowest BCUT2D eigenvalue weighted by atomic mass is 10.3. The van der Waals surface area contributed by atoms with Gasteiger partial charge in [-0.15, -0.1) is 20.2 Å². The highest BCUT2D eigenvalue weighted by Gasteiger charge is 2.58. The fraction of sp³-hybridized carbons (Fsp3) is 0.500. The minimum absolute atomic E-state index is 1.08. The Morgan fingerprint density at radius 3 is 1.42 bits per heavy atom. The summed E-state index contributed by atoms with van der Waals surface area (Å²) in [6, 6.07) is 0. The molecule has 0 rings (SSSR count). The van der Waals surface area contributed by atoms with E-state index in [9.17, 15) is 29.8 Å². The first-order chi connectivity index (χ1) is 10.6. The number of carbonyl (C=O) groups excluding carboxylic acids is 2. The number of carbonyl (C=O) groups is 2. The number of nitrogens with two attached hydrogens (primary N) is 1. The van der Waals surface area contributed by atoms with Gasteiger partial charge in [0.25, 0.3) is 10.2 Å². The van der Waals surface area contributed by atoms with Gasteiger partial charge in [0.2, 0.25) is 0 Å². The van der Waals surface area contributed by atoms with Crippen LogP contribution in [-0.4, -0.2) is 64.5 Å². The maximum Gasteiger partial charge on any atom is 0.526 e. The number of aliphatic hydroxyl groups is 2. The Balaban J connectivity index is -0.000000457. The van der Waals surface area contributed by atoms with Crippen LogP contribution in [0.1, 0.15) is 0 Å². The minimum Gasteiger partial charge on any atom is -0.361 e. The molecule has 0 spiro atoms. The van der Waals surface area contributed by atoms with Gasteiger partial charge in [-0.3, -0.25) is 45.3 Å². The number of nitrogens with zero attached hydrogens (tertiary/aromatic N) is 4. The van der Waals surface area contributed by atoms with Gasteiger partial charge in [0.15, 0.2) is 0 Å². The standard InChI is InChI=1S/C4H6N4O8.2HNO3/c5-1(9)2(10)6-3(7(13)14)4(11,12)8(15)16;2*2-1(3)4/h3,11-12H,(H2,5,9)(H,6,10);2*(H,2,3,4). The van der Waals surface area contributed by atoms with Crippen LogP contribution in [0.3, 0.4) is 0 Å². The number of hydrogen-bond donors (Lipinski definition) is 6. The van der Waals surface area contributed by atoms with Crippen molar-refractivity contribution in [2.45, 2.75) is 12.1 Å². The third-order valence-corrected chi connectivity index (χ3v) is 1.34. The van der Waals surface area contributed by atoms with Crippen molar-refractivity contribution < 1.29 is 50.2 Å². The second kappa shape index (κ2) is 10.7. The van der Waals surface area contributed by atoms with Crippen molar-refractivity contribution in [2.75, 3.05) is 0 Å². The highest BCUT2D eigenvalue weighted by Crippen LogP contribution is 2.08. The Morgan fingerprint density at radius 1 is 0.958 bits per heavy atom. The van der Waals surface area contributed by atoms with Gasteiger partial charge >= 0.3 is 23.9 Å². The number of hydrogen-bond acceptors (Lipinski definition) is 12. The molecule has 138 valence electrons. The third-order valence-electron chi connectivity index (χ3n) is 1.34. The Hall–Kier alpha value is -3.94. The van der Waals surface area contributed by atoms with Crippen LogP contribution in [0.15, 0.2) is 0 Å². The van der Waals surface area contributed by atoms with Crippen LogP contribution in [0.5, 0.6) is 0 Å². The minimum atomic E-state index is -4.06. The molecule has 24 heavy (non-hydrogen) atoms. The van der Waals surface area contributed by atoms with Gasteiger partial charge < -0.3 is 16.1 Å². The van der Waals surface area contributed by atoms with Gasteiger partial charge in [-0.1, -0.05) is 0 Å². The molecule has 20 nitrogen and oxygen atoms in total. The fourth-order valence-corrected chi connectivity index (χ4v) is 0.586. The highest BCUT2D eigenvalue weighted by atomic mass is 16.9. The summed E-state index contributed by atoms with van der Waals surface area (Å²) in [4.78, 5) is 54.4. The number of nitro groups is 2. The molecule has 0 aromatic rings. The molecule has 2 amide bonds. The monoisotopic (exact) mass is 364 g/mol. The van der Waals surface area contributed by atoms with E-state index in [1.807, 2.05) is 0 Å². The van der Waals surface area contributed by atoms with E-state index in [2.05, 4.69) is 5.73 Å². The second-order valence-electron chi connectivity index (χ2n) is 2.95. The van der Waals surface area contributed by atoms with E-state index in [0.29, 0.717) is 0 Å². The summed E-state index contributed by atoms with van der Waals surface area (Å²) in [6.45, 7) is 0. The average molecular weight is 364 g/mol. The SMILES string of the molecule is NC(=O)C(=O)NC([N+](=O)[O-])C(O)(O)[N+](=O)[O-].O=[N+]([O-])O.O=[N+]([O-])O. The zero-order chi connectivity index (χ0) is 20.2. The maximum atomic E-state index is 10.6. The molecule has 0 fully saturated rings. The topological polar surface area (TPSA) is 326 Å². The molecule has 0 saturated heterocycles. The number of amides is 2. The van der Waals surface area contributed by atoms with E-state index in [1.54, 1.807) is 0 Å². The first-order valence-electron chi connectivity index (χ1n) is 4.56. The molecule has 1 atom stereocenters. The van der Waals surface area contributed by atoms with E-state index in [4.69, 9.17) is 40.9 Å². The van der Waals surface area contributed by atoms with E-state index in [0.717, 1.165) is 5.32 Å². The van der Waals surface area contributed by atoms with Crippen LogP contribution in [0.4, 0.5) is 0 Å². The van der Waals surface area contributed by atoms with Crippen LogP contribution in [0.25, 0.3) is 0 Å². The molecule has 0 saturated carbocycles. The van der Waals surface area contributed by atoms with Crippen LogP contribution >= 0.6 is 0 Å². The summed E-state index contributed by atoms with van der Waals surface area (Å²) in [5, 5.41) is 66.0. The average Bonchev–Trinajstić information content (AvgIpc) is 2.32. The van der Waals surface area contributed by atoms with Crippen LogP contribution in [0.2, 0.25) is 0 Å². The van der Waals surface area contributed by atoms with Gasteiger partial charge in [-0.25, -0.2) is 0 Å². The molecule has 20 heteroatoms. The zero-order valence-electron chi connectivity index (χ0n) is 10.8. The molecule has 0 aliphatic carbocycles. The fourth-order valence-electron chi connectivity index (χ4n) is 0.586. The number of primary amides is 1. The number of rotatable bonds is 4. The summed E-state index contributed by atoms with van der Waals surface area (Å²) in [5.41, 5.74) is 4.40. The maximum absolute atomic E-state index is 10.6. The molecule has 1 unspecified atom stereocenters. The molecule has 0 heterocycles. The van der Waals surface area contributed by atoms with E-state index >= 15 is 0 Å². The van der Waals surface area contributed by atoms with Crippen molar-refractivity contribution in [3.05, 3.63) is 40.5 Å². The lowest BCUT2D eigenvalue weighted by molar-refractivity contribution is -0.745. The summed E-state index contributed by atoms with van der Waals surface area (Å²) in [5.74, 6) is -7.50. The first kappa shape index (κ1) is 25.0. The summed E-state index contributed by atoms with van der Waals surface area (Å²) < 4.78 is 0. The molecule has 0 radical (unpaired) electrons. The molecule has 0 aromatic carbocycles. The highest BCUT2D eigenvalue weighted by molar-refractivity contribution is 6.34. The predicted octanol–water partition coefficient (Wildman–Crippen LogP) is -4.59. The van der Waals surface area contributed by atoms with Gasteiger partial charge in [-0.05, 0) is 0 Å². The van der Waals surface area contributed by atoms with Crippen LogP contribution in [-0.2, 0) is 9.59 Å². The molecular weight excluding hydrogens is 356 g/mol. The summed E-state index contributed by atoms with van der Waals surface area (Å²) >= 11 is 0. The summed E-state index contributed by atoms with van der Waals surface area (Å²) in [7, 11) is 0. The molecule has 0 aliphatic heterocycles. The predicted molar refractivity (Wildman–Crippen MR) is 59.8 cm³/mol. The van der Waals surface area contributed by atoms with Gasteiger partial charge in [0, 0.05) is 0 Å². The van der Waals surface area contributed by atoms with Crippen molar-refractivity contribution in [2.24, 2.45) is 5.73 Å². The third kappa shape index (κ3) is 13.1. The van der Waals surface area contributed by atoms with E-state index < -0.39 is 43.9 Å². The Kier molecular flexibility index (Phi) is 11.2.